The molecule has 2 aliphatic carbocycles. The van der Waals surface area contributed by atoms with Gasteiger partial charge in [-0.3, -0.25) is 0 Å². The summed E-state index contributed by atoms with van der Waals surface area (Å²) in [6, 6.07) is 0.581. The molecule has 86 valence electrons. The van der Waals surface area contributed by atoms with Gasteiger partial charge in [-0.1, -0.05) is 6.42 Å². The van der Waals surface area contributed by atoms with Gasteiger partial charge < -0.3 is 15.7 Å². The van der Waals surface area contributed by atoms with Crippen LogP contribution >= 0.6 is 12.2 Å². The zero-order valence-corrected chi connectivity index (χ0v) is 10.0. The number of rotatable bonds is 3. The number of hydrogen-bond acceptors (Lipinski definition) is 2. The molecule has 2 bridgehead atoms. The molecular weight excluding hydrogens is 208 g/mol. The summed E-state index contributed by atoms with van der Waals surface area (Å²) in [4.78, 5) is 0. The molecule has 4 heteroatoms. The van der Waals surface area contributed by atoms with Gasteiger partial charge in [0.25, 0.3) is 0 Å². The van der Waals surface area contributed by atoms with Gasteiger partial charge in [0.1, 0.15) is 0 Å². The van der Waals surface area contributed by atoms with E-state index in [1.54, 1.807) is 6.92 Å². The number of aliphatic hydroxyl groups is 1. The summed E-state index contributed by atoms with van der Waals surface area (Å²) < 4.78 is 0. The first-order chi connectivity index (χ1) is 7.15. The average molecular weight is 228 g/mol. The largest absolute Gasteiger partial charge is 0.392 e. The topological polar surface area (TPSA) is 44.3 Å². The Morgan fingerprint density at radius 3 is 2.80 bits per heavy atom. The van der Waals surface area contributed by atoms with E-state index in [0.29, 0.717) is 17.7 Å². The molecule has 0 amide bonds. The number of thiocarbonyl (C=S) groups is 1. The highest BCUT2D eigenvalue weighted by atomic mass is 32.1. The smallest absolute Gasteiger partial charge is 0.166 e. The maximum absolute atomic E-state index is 9.12. The van der Waals surface area contributed by atoms with Crippen molar-refractivity contribution in [2.24, 2.45) is 11.8 Å². The lowest BCUT2D eigenvalue weighted by atomic mass is 9.96. The van der Waals surface area contributed by atoms with Crippen LogP contribution < -0.4 is 10.6 Å². The second-order valence-corrected chi connectivity index (χ2v) is 5.39. The molecule has 0 aromatic carbocycles. The SMILES string of the molecule is C[C@H](O)CNC(=S)N[C@@H]1C[C@H]2CC[C@H]1C2. The number of hydrogen-bond donors (Lipinski definition) is 3. The van der Waals surface area contributed by atoms with Crippen molar-refractivity contribution in [2.45, 2.75) is 44.8 Å². The van der Waals surface area contributed by atoms with Gasteiger partial charge in [0.2, 0.25) is 0 Å². The number of fused-ring (bicyclic) bond motifs is 2. The summed E-state index contributed by atoms with van der Waals surface area (Å²) in [5.74, 6) is 1.77. The molecule has 0 aromatic heterocycles. The molecular formula is C11H20N2OS. The van der Waals surface area contributed by atoms with Gasteiger partial charge in [-0.15, -0.1) is 0 Å². The lowest BCUT2D eigenvalue weighted by molar-refractivity contribution is 0.197. The highest BCUT2D eigenvalue weighted by Gasteiger charge is 2.39. The van der Waals surface area contributed by atoms with Gasteiger partial charge in [0.15, 0.2) is 5.11 Å². The standard InChI is InChI=1S/C11H20N2OS/c1-7(14)6-12-11(15)13-10-5-8-2-3-9(10)4-8/h7-10,14H,2-6H2,1H3,(H2,12,13,15)/t7-,8-,9-,10+/m0/s1. The maximum atomic E-state index is 9.12. The maximum Gasteiger partial charge on any atom is 0.166 e. The van der Waals surface area contributed by atoms with Crippen LogP contribution in [0.25, 0.3) is 0 Å². The summed E-state index contributed by atoms with van der Waals surface area (Å²) in [7, 11) is 0. The molecule has 15 heavy (non-hydrogen) atoms. The Labute approximate surface area is 96.6 Å². The van der Waals surface area contributed by atoms with Gasteiger partial charge in [0.05, 0.1) is 6.10 Å². The van der Waals surface area contributed by atoms with E-state index in [1.165, 1.54) is 25.7 Å². The minimum Gasteiger partial charge on any atom is -0.392 e. The van der Waals surface area contributed by atoms with Crippen molar-refractivity contribution in [1.82, 2.24) is 10.6 Å². The molecule has 0 heterocycles. The average Bonchev–Trinajstić information content (AvgIpc) is 2.76. The Morgan fingerprint density at radius 1 is 1.47 bits per heavy atom. The molecule has 0 saturated heterocycles. The molecule has 0 aromatic rings. The van der Waals surface area contributed by atoms with Gasteiger partial charge in [-0.05, 0) is 50.2 Å². The first-order valence-electron chi connectivity index (χ1n) is 5.87. The molecule has 3 N–H and O–H groups in total. The molecule has 2 aliphatic rings. The molecule has 0 radical (unpaired) electrons. The van der Waals surface area contributed by atoms with E-state index in [-0.39, 0.29) is 6.10 Å². The van der Waals surface area contributed by atoms with Crippen molar-refractivity contribution < 1.29 is 5.11 Å². The molecule has 0 spiro atoms. The Bertz CT molecular complexity index is 245. The van der Waals surface area contributed by atoms with Crippen molar-refractivity contribution in [1.29, 1.82) is 0 Å². The fourth-order valence-electron chi connectivity index (χ4n) is 2.88. The molecule has 2 rings (SSSR count). The van der Waals surface area contributed by atoms with Crippen LogP contribution in [0, 0.1) is 11.8 Å². The zero-order valence-electron chi connectivity index (χ0n) is 9.20. The van der Waals surface area contributed by atoms with E-state index >= 15 is 0 Å². The van der Waals surface area contributed by atoms with Crippen LogP contribution in [0.15, 0.2) is 0 Å². The van der Waals surface area contributed by atoms with E-state index in [4.69, 9.17) is 17.3 Å². The third-order valence-electron chi connectivity index (χ3n) is 3.61. The van der Waals surface area contributed by atoms with E-state index in [0.717, 1.165) is 11.8 Å². The van der Waals surface area contributed by atoms with Crippen LogP contribution in [0.4, 0.5) is 0 Å². The summed E-state index contributed by atoms with van der Waals surface area (Å²) >= 11 is 5.19. The fraction of sp³-hybridized carbons (Fsp3) is 0.909. The van der Waals surface area contributed by atoms with Crippen LogP contribution in [0.5, 0.6) is 0 Å². The first-order valence-corrected chi connectivity index (χ1v) is 6.28. The Kier molecular flexibility index (Phi) is 3.46. The fourth-order valence-corrected chi connectivity index (χ4v) is 3.12. The van der Waals surface area contributed by atoms with Crippen LogP contribution in [0.2, 0.25) is 0 Å². The third-order valence-corrected chi connectivity index (χ3v) is 3.87. The summed E-state index contributed by atoms with van der Waals surface area (Å²) in [6.45, 7) is 2.29. The second-order valence-electron chi connectivity index (χ2n) is 4.98. The van der Waals surface area contributed by atoms with E-state index in [1.807, 2.05) is 0 Å². The van der Waals surface area contributed by atoms with E-state index in [2.05, 4.69) is 10.6 Å². The molecule has 2 saturated carbocycles. The monoisotopic (exact) mass is 228 g/mol. The Morgan fingerprint density at radius 2 is 2.27 bits per heavy atom. The number of nitrogens with one attached hydrogen (secondary N) is 2. The van der Waals surface area contributed by atoms with Crippen LogP contribution in [-0.2, 0) is 0 Å². The van der Waals surface area contributed by atoms with Crippen molar-refractivity contribution in [3.63, 3.8) is 0 Å². The summed E-state index contributed by atoms with van der Waals surface area (Å²) in [6.07, 6.45) is 5.10. The van der Waals surface area contributed by atoms with Gasteiger partial charge in [0, 0.05) is 12.6 Å². The van der Waals surface area contributed by atoms with Crippen molar-refractivity contribution in [2.75, 3.05) is 6.54 Å². The highest BCUT2D eigenvalue weighted by Crippen LogP contribution is 2.44. The first kappa shape index (κ1) is 11.1. The Hall–Kier alpha value is -0.350. The molecule has 4 atom stereocenters. The van der Waals surface area contributed by atoms with Gasteiger partial charge in [-0.25, -0.2) is 0 Å². The minimum atomic E-state index is -0.343. The molecule has 0 unspecified atom stereocenters. The lowest BCUT2D eigenvalue weighted by Crippen LogP contribution is -2.45. The summed E-state index contributed by atoms with van der Waals surface area (Å²) in [5.41, 5.74) is 0. The third kappa shape index (κ3) is 2.82. The predicted octanol–water partition coefficient (Wildman–Crippen LogP) is 1.02. The van der Waals surface area contributed by atoms with Crippen LogP contribution in [0.3, 0.4) is 0 Å². The van der Waals surface area contributed by atoms with Crippen molar-refractivity contribution in [3.8, 4) is 0 Å². The summed E-state index contributed by atoms with van der Waals surface area (Å²) in [5, 5.41) is 16.2. The van der Waals surface area contributed by atoms with Gasteiger partial charge >= 0.3 is 0 Å². The Balaban J connectivity index is 1.71. The quantitative estimate of drug-likeness (QED) is 0.631. The number of aliphatic hydroxyl groups excluding tert-OH is 1. The van der Waals surface area contributed by atoms with Crippen LogP contribution in [-0.4, -0.2) is 28.9 Å². The normalized spacial score (nSPS) is 35.2. The highest BCUT2D eigenvalue weighted by molar-refractivity contribution is 7.80. The second kappa shape index (κ2) is 4.66. The van der Waals surface area contributed by atoms with E-state index in [9.17, 15) is 0 Å². The predicted molar refractivity (Wildman–Crippen MR) is 64.7 cm³/mol. The molecule has 3 nitrogen and oxygen atoms in total. The zero-order chi connectivity index (χ0) is 10.8. The van der Waals surface area contributed by atoms with E-state index < -0.39 is 0 Å². The lowest BCUT2D eigenvalue weighted by Gasteiger charge is -2.24. The molecule has 2 fully saturated rings. The minimum absolute atomic E-state index is 0.343. The molecule has 0 aliphatic heterocycles. The van der Waals surface area contributed by atoms with Crippen LogP contribution in [0.1, 0.15) is 32.6 Å². The van der Waals surface area contributed by atoms with Crippen molar-refractivity contribution >= 4 is 17.3 Å². The van der Waals surface area contributed by atoms with Gasteiger partial charge in [-0.2, -0.15) is 0 Å². The van der Waals surface area contributed by atoms with Crippen molar-refractivity contribution in [3.05, 3.63) is 0 Å².